The van der Waals surface area contributed by atoms with Crippen LogP contribution in [-0.2, 0) is 0 Å². The Labute approximate surface area is 117 Å². The van der Waals surface area contributed by atoms with Crippen LogP contribution in [0.5, 0.6) is 0 Å². The van der Waals surface area contributed by atoms with Gasteiger partial charge in [0.25, 0.3) is 0 Å². The lowest BCUT2D eigenvalue weighted by atomic mass is 10.2. The van der Waals surface area contributed by atoms with Gasteiger partial charge < -0.3 is 10.1 Å². The Balaban J connectivity index is 2.21. The van der Waals surface area contributed by atoms with Crippen LogP contribution in [0.4, 0.5) is 4.39 Å². The molecule has 0 saturated heterocycles. The van der Waals surface area contributed by atoms with E-state index in [2.05, 4.69) is 15.0 Å². The van der Waals surface area contributed by atoms with Crippen molar-refractivity contribution in [1.82, 2.24) is 15.0 Å². The van der Waals surface area contributed by atoms with Crippen molar-refractivity contribution in [2.24, 2.45) is 0 Å². The fourth-order valence-electron chi connectivity index (χ4n) is 1.89. The minimum atomic E-state index is -1.34. The zero-order valence-corrected chi connectivity index (χ0v) is 10.6. The Morgan fingerprint density at radius 1 is 1.40 bits per heavy atom. The molecule has 2 aromatic heterocycles. The number of halogens is 2. The van der Waals surface area contributed by atoms with Crippen molar-refractivity contribution in [1.29, 1.82) is 0 Å². The molecule has 0 bridgehead atoms. The number of nitrogens with one attached hydrogen (secondary N) is 1. The first-order valence-corrected chi connectivity index (χ1v) is 5.96. The van der Waals surface area contributed by atoms with E-state index < -0.39 is 17.3 Å². The molecule has 0 amide bonds. The van der Waals surface area contributed by atoms with E-state index in [4.69, 9.17) is 16.7 Å². The van der Waals surface area contributed by atoms with Crippen LogP contribution in [0.1, 0.15) is 10.4 Å². The molecule has 0 atom stereocenters. The fraction of sp³-hybridized carbons (Fsp3) is 0. The Hall–Kier alpha value is -2.47. The normalized spacial score (nSPS) is 10.9. The Morgan fingerprint density at radius 2 is 2.20 bits per heavy atom. The summed E-state index contributed by atoms with van der Waals surface area (Å²) in [5.41, 5.74) is 0.939. The largest absolute Gasteiger partial charge is 0.478 e. The Morgan fingerprint density at radius 3 is 2.90 bits per heavy atom. The molecule has 5 nitrogen and oxygen atoms in total. The number of fused-ring (bicyclic) bond motifs is 1. The summed E-state index contributed by atoms with van der Waals surface area (Å²) in [5, 5.41) is 9.28. The lowest BCUT2D eigenvalue weighted by Crippen LogP contribution is -1.99. The summed E-state index contributed by atoms with van der Waals surface area (Å²) in [7, 11) is 0. The van der Waals surface area contributed by atoms with Crippen molar-refractivity contribution in [3.05, 3.63) is 47.0 Å². The summed E-state index contributed by atoms with van der Waals surface area (Å²) < 4.78 is 13.6. The van der Waals surface area contributed by atoms with Gasteiger partial charge in [0.1, 0.15) is 11.6 Å². The molecule has 1 aromatic carbocycles. The Kier molecular flexibility index (Phi) is 2.87. The van der Waals surface area contributed by atoms with Crippen LogP contribution in [-0.4, -0.2) is 26.0 Å². The number of aromatic amines is 1. The third-order valence-electron chi connectivity index (χ3n) is 2.83. The quantitative estimate of drug-likeness (QED) is 0.760. The minimum absolute atomic E-state index is 0.353. The van der Waals surface area contributed by atoms with Gasteiger partial charge in [-0.1, -0.05) is 11.6 Å². The summed E-state index contributed by atoms with van der Waals surface area (Å²) in [6, 6.07) is 3.95. The number of aromatic nitrogens is 3. The SMILES string of the molecule is O=C(O)c1cc2nc(-c3ccncc3Cl)[nH]c2cc1F. The van der Waals surface area contributed by atoms with Gasteiger partial charge in [0.2, 0.25) is 0 Å². The third-order valence-corrected chi connectivity index (χ3v) is 3.13. The topological polar surface area (TPSA) is 78.9 Å². The molecule has 20 heavy (non-hydrogen) atoms. The molecule has 100 valence electrons. The van der Waals surface area contributed by atoms with E-state index in [9.17, 15) is 9.18 Å². The number of nitrogens with zero attached hydrogens (tertiary/aromatic N) is 2. The highest BCUT2D eigenvalue weighted by molar-refractivity contribution is 6.33. The van der Waals surface area contributed by atoms with Crippen molar-refractivity contribution in [3.63, 3.8) is 0 Å². The lowest BCUT2D eigenvalue weighted by molar-refractivity contribution is 0.0692. The summed E-state index contributed by atoms with van der Waals surface area (Å²) in [5.74, 6) is -1.73. The van der Waals surface area contributed by atoms with Crippen LogP contribution < -0.4 is 0 Å². The molecule has 2 heterocycles. The molecule has 0 radical (unpaired) electrons. The van der Waals surface area contributed by atoms with Crippen molar-refractivity contribution in [3.8, 4) is 11.4 Å². The average molecular weight is 292 g/mol. The highest BCUT2D eigenvalue weighted by Crippen LogP contribution is 2.27. The van der Waals surface area contributed by atoms with Gasteiger partial charge in [-0.2, -0.15) is 0 Å². The van der Waals surface area contributed by atoms with Crippen LogP contribution in [0.3, 0.4) is 0 Å². The van der Waals surface area contributed by atoms with Crippen molar-refractivity contribution < 1.29 is 14.3 Å². The average Bonchev–Trinajstić information content (AvgIpc) is 2.80. The van der Waals surface area contributed by atoms with Gasteiger partial charge in [-0.25, -0.2) is 14.2 Å². The lowest BCUT2D eigenvalue weighted by Gasteiger charge is -1.97. The number of hydrogen-bond acceptors (Lipinski definition) is 3. The van der Waals surface area contributed by atoms with Crippen molar-refractivity contribution >= 4 is 28.6 Å². The second-order valence-corrected chi connectivity index (χ2v) is 4.50. The number of carbonyl (C=O) groups is 1. The van der Waals surface area contributed by atoms with Gasteiger partial charge in [0.05, 0.1) is 21.6 Å². The highest BCUT2D eigenvalue weighted by Gasteiger charge is 2.15. The molecule has 0 fully saturated rings. The van der Waals surface area contributed by atoms with Crippen LogP contribution in [0.25, 0.3) is 22.4 Å². The molecule has 2 N–H and O–H groups in total. The van der Waals surface area contributed by atoms with Gasteiger partial charge in [-0.15, -0.1) is 0 Å². The van der Waals surface area contributed by atoms with E-state index in [0.29, 0.717) is 27.4 Å². The first-order chi connectivity index (χ1) is 9.56. The van der Waals surface area contributed by atoms with Gasteiger partial charge in [0.15, 0.2) is 0 Å². The van der Waals surface area contributed by atoms with E-state index in [-0.39, 0.29) is 0 Å². The zero-order chi connectivity index (χ0) is 14.3. The third kappa shape index (κ3) is 2.00. The van der Waals surface area contributed by atoms with Crippen LogP contribution >= 0.6 is 11.6 Å². The van der Waals surface area contributed by atoms with Gasteiger partial charge >= 0.3 is 5.97 Å². The zero-order valence-electron chi connectivity index (χ0n) is 9.89. The number of imidazole rings is 1. The van der Waals surface area contributed by atoms with E-state index in [1.54, 1.807) is 12.3 Å². The van der Waals surface area contributed by atoms with Crippen LogP contribution in [0.2, 0.25) is 5.02 Å². The summed E-state index contributed by atoms with van der Waals surface area (Å²) in [6.45, 7) is 0. The molecule has 3 aromatic rings. The second-order valence-electron chi connectivity index (χ2n) is 4.10. The number of H-pyrrole nitrogens is 1. The molecular formula is C13H7ClFN3O2. The number of aromatic carboxylic acids is 1. The molecule has 0 aliphatic heterocycles. The van der Waals surface area contributed by atoms with E-state index in [0.717, 1.165) is 6.07 Å². The predicted octanol–water partition coefficient (Wildman–Crippen LogP) is 3.12. The molecule has 0 aliphatic rings. The van der Waals surface area contributed by atoms with Gasteiger partial charge in [0, 0.05) is 24.0 Å². The number of benzene rings is 1. The standard InChI is InChI=1S/C13H7ClFN3O2/c14-8-5-16-2-1-6(8)12-17-10-3-7(13(19)20)9(15)4-11(10)18-12/h1-5H,(H,17,18)(H,19,20). The summed E-state index contributed by atoms with van der Waals surface area (Å²) in [6.07, 6.45) is 3.02. The van der Waals surface area contributed by atoms with Gasteiger partial charge in [-0.3, -0.25) is 4.98 Å². The van der Waals surface area contributed by atoms with Crippen molar-refractivity contribution in [2.75, 3.05) is 0 Å². The first kappa shape index (κ1) is 12.6. The number of hydrogen-bond donors (Lipinski definition) is 2. The molecular weight excluding hydrogens is 285 g/mol. The molecule has 0 saturated carbocycles. The molecule has 3 rings (SSSR count). The summed E-state index contributed by atoms with van der Waals surface area (Å²) in [4.78, 5) is 21.9. The molecule has 0 unspecified atom stereocenters. The second kappa shape index (κ2) is 4.57. The highest BCUT2D eigenvalue weighted by atomic mass is 35.5. The molecule has 0 spiro atoms. The first-order valence-electron chi connectivity index (χ1n) is 5.58. The van der Waals surface area contributed by atoms with Crippen LogP contribution in [0.15, 0.2) is 30.6 Å². The maximum Gasteiger partial charge on any atom is 0.338 e. The maximum absolute atomic E-state index is 13.6. The predicted molar refractivity (Wildman–Crippen MR) is 71.3 cm³/mol. The van der Waals surface area contributed by atoms with Crippen molar-refractivity contribution in [2.45, 2.75) is 0 Å². The number of carboxylic acid groups (broad SMARTS) is 1. The molecule has 0 aliphatic carbocycles. The smallest absolute Gasteiger partial charge is 0.338 e. The molecule has 7 heteroatoms. The number of carboxylic acids is 1. The number of rotatable bonds is 2. The monoisotopic (exact) mass is 291 g/mol. The van der Waals surface area contributed by atoms with Crippen LogP contribution in [0, 0.1) is 5.82 Å². The van der Waals surface area contributed by atoms with E-state index >= 15 is 0 Å². The van der Waals surface area contributed by atoms with E-state index in [1.165, 1.54) is 12.3 Å². The minimum Gasteiger partial charge on any atom is -0.478 e. The number of pyridine rings is 1. The fourth-order valence-corrected chi connectivity index (χ4v) is 2.10. The summed E-state index contributed by atoms with van der Waals surface area (Å²) >= 11 is 6.01. The van der Waals surface area contributed by atoms with Gasteiger partial charge in [-0.05, 0) is 12.1 Å². The maximum atomic E-state index is 13.6. The van der Waals surface area contributed by atoms with E-state index in [1.807, 2.05) is 0 Å². The Bertz CT molecular complexity index is 832.